The molecule has 1 atom stereocenters. The molecule has 0 fully saturated rings. The Morgan fingerprint density at radius 3 is 2.62 bits per heavy atom. The quantitative estimate of drug-likeness (QED) is 0.826. The first-order valence-corrected chi connectivity index (χ1v) is 5.24. The summed E-state index contributed by atoms with van der Waals surface area (Å²) in [5, 5.41) is 3.10. The average molecular weight is 226 g/mol. The van der Waals surface area contributed by atoms with E-state index < -0.39 is 0 Å². The van der Waals surface area contributed by atoms with Gasteiger partial charge in [0, 0.05) is 18.2 Å². The Hall–Kier alpha value is -1.13. The van der Waals surface area contributed by atoms with Gasteiger partial charge < -0.3 is 15.0 Å². The molecule has 0 aliphatic heterocycles. The molecule has 1 rings (SSSR count). The molecular formula is C12H19FN2O. The Labute approximate surface area is 96.2 Å². The lowest BCUT2D eigenvalue weighted by atomic mass is 10.1. The van der Waals surface area contributed by atoms with Gasteiger partial charge in [-0.2, -0.15) is 0 Å². The molecule has 16 heavy (non-hydrogen) atoms. The van der Waals surface area contributed by atoms with Gasteiger partial charge in [-0.25, -0.2) is 4.39 Å². The molecule has 0 radical (unpaired) electrons. The van der Waals surface area contributed by atoms with E-state index in [1.807, 2.05) is 26.0 Å². The van der Waals surface area contributed by atoms with Crippen molar-refractivity contribution in [1.82, 2.24) is 10.2 Å². The first-order chi connectivity index (χ1) is 7.60. The lowest BCUT2D eigenvalue weighted by Crippen LogP contribution is -2.29. The molecule has 90 valence electrons. The first kappa shape index (κ1) is 12.9. The molecule has 3 nitrogen and oxygen atoms in total. The summed E-state index contributed by atoms with van der Waals surface area (Å²) < 4.78 is 18.9. The lowest BCUT2D eigenvalue weighted by Gasteiger charge is -2.21. The largest absolute Gasteiger partial charge is 0.494 e. The van der Waals surface area contributed by atoms with Crippen molar-refractivity contribution in [3.8, 4) is 5.75 Å². The number of methoxy groups -OCH3 is 1. The molecule has 0 saturated heterocycles. The van der Waals surface area contributed by atoms with Gasteiger partial charge in [-0.3, -0.25) is 0 Å². The van der Waals surface area contributed by atoms with E-state index in [4.69, 9.17) is 4.74 Å². The highest BCUT2D eigenvalue weighted by Gasteiger charge is 2.17. The standard InChI is InChI=1S/C12H19FN2O/c1-14-10(8-15(2)3)9-6-5-7-11(16-4)12(9)13/h5-7,10,14H,8H2,1-4H3. The Morgan fingerprint density at radius 1 is 1.44 bits per heavy atom. The number of nitrogens with zero attached hydrogens (tertiary/aromatic N) is 1. The molecule has 0 amide bonds. The molecule has 0 aliphatic rings. The van der Waals surface area contributed by atoms with Crippen LogP contribution in [0.5, 0.6) is 5.75 Å². The average Bonchev–Trinajstić information content (AvgIpc) is 2.26. The van der Waals surface area contributed by atoms with E-state index in [2.05, 4.69) is 5.32 Å². The first-order valence-electron chi connectivity index (χ1n) is 5.24. The van der Waals surface area contributed by atoms with Crippen LogP contribution in [0.25, 0.3) is 0 Å². The number of hydrogen-bond acceptors (Lipinski definition) is 3. The molecule has 0 aromatic heterocycles. The minimum Gasteiger partial charge on any atom is -0.494 e. The van der Waals surface area contributed by atoms with Crippen LogP contribution in [0.3, 0.4) is 0 Å². The van der Waals surface area contributed by atoms with Crippen LogP contribution in [0.15, 0.2) is 18.2 Å². The summed E-state index contributed by atoms with van der Waals surface area (Å²) in [4.78, 5) is 2.01. The number of halogens is 1. The highest BCUT2D eigenvalue weighted by Crippen LogP contribution is 2.25. The molecule has 1 N–H and O–H groups in total. The van der Waals surface area contributed by atoms with Crippen molar-refractivity contribution in [2.75, 3.05) is 34.8 Å². The molecule has 1 aromatic rings. The van der Waals surface area contributed by atoms with Gasteiger partial charge in [0.15, 0.2) is 11.6 Å². The van der Waals surface area contributed by atoms with Gasteiger partial charge in [0.05, 0.1) is 7.11 Å². The van der Waals surface area contributed by atoms with E-state index in [-0.39, 0.29) is 17.6 Å². The monoisotopic (exact) mass is 226 g/mol. The maximum absolute atomic E-state index is 14.0. The van der Waals surface area contributed by atoms with Crippen LogP contribution in [-0.2, 0) is 0 Å². The van der Waals surface area contributed by atoms with Crippen LogP contribution < -0.4 is 10.1 Å². The number of benzene rings is 1. The molecule has 0 heterocycles. The van der Waals surface area contributed by atoms with Gasteiger partial charge >= 0.3 is 0 Å². The SMILES string of the molecule is CNC(CN(C)C)c1cccc(OC)c1F. The van der Waals surface area contributed by atoms with Crippen LogP contribution >= 0.6 is 0 Å². The number of nitrogens with one attached hydrogen (secondary N) is 1. The molecule has 1 aromatic carbocycles. The second-order valence-electron chi connectivity index (χ2n) is 3.97. The van der Waals surface area contributed by atoms with Gasteiger partial charge in [-0.1, -0.05) is 12.1 Å². The van der Waals surface area contributed by atoms with E-state index in [0.717, 1.165) is 6.54 Å². The predicted molar refractivity (Wildman–Crippen MR) is 63.3 cm³/mol. The lowest BCUT2D eigenvalue weighted by molar-refractivity contribution is 0.339. The van der Waals surface area contributed by atoms with Crippen molar-refractivity contribution in [2.45, 2.75) is 6.04 Å². The van der Waals surface area contributed by atoms with Crippen LogP contribution in [0, 0.1) is 5.82 Å². The molecule has 0 aliphatic carbocycles. The van der Waals surface area contributed by atoms with Crippen LogP contribution in [0.1, 0.15) is 11.6 Å². The number of rotatable bonds is 5. The minimum atomic E-state index is -0.286. The van der Waals surface area contributed by atoms with E-state index >= 15 is 0 Å². The van der Waals surface area contributed by atoms with E-state index in [9.17, 15) is 4.39 Å². The highest BCUT2D eigenvalue weighted by atomic mass is 19.1. The fraction of sp³-hybridized carbons (Fsp3) is 0.500. The zero-order valence-electron chi connectivity index (χ0n) is 10.2. The summed E-state index contributed by atoms with van der Waals surface area (Å²) in [7, 11) is 7.22. The summed E-state index contributed by atoms with van der Waals surface area (Å²) in [6.45, 7) is 0.737. The molecule has 4 heteroatoms. The maximum Gasteiger partial charge on any atom is 0.169 e. The van der Waals surface area contributed by atoms with Crippen LogP contribution in [0.2, 0.25) is 0 Å². The van der Waals surface area contributed by atoms with Crippen molar-refractivity contribution >= 4 is 0 Å². The Balaban J connectivity index is 3.00. The van der Waals surface area contributed by atoms with Gasteiger partial charge in [0.25, 0.3) is 0 Å². The summed E-state index contributed by atoms with van der Waals surface area (Å²) >= 11 is 0. The van der Waals surface area contributed by atoms with Gasteiger partial charge in [-0.15, -0.1) is 0 Å². The Kier molecular flexibility index (Phi) is 4.71. The third kappa shape index (κ3) is 2.93. The number of likely N-dealkylation sites (N-methyl/N-ethyl adjacent to an activating group) is 2. The molecule has 1 unspecified atom stereocenters. The summed E-state index contributed by atoms with van der Waals surface area (Å²) in [6.07, 6.45) is 0. The fourth-order valence-corrected chi connectivity index (χ4v) is 1.66. The minimum absolute atomic E-state index is 0.0369. The number of ether oxygens (including phenoxy) is 1. The van der Waals surface area contributed by atoms with Crippen LogP contribution in [-0.4, -0.2) is 39.7 Å². The molecule has 0 bridgehead atoms. The smallest absolute Gasteiger partial charge is 0.169 e. The van der Waals surface area contributed by atoms with Crippen molar-refractivity contribution in [2.24, 2.45) is 0 Å². The van der Waals surface area contributed by atoms with Crippen molar-refractivity contribution in [3.05, 3.63) is 29.6 Å². The molecule has 0 saturated carbocycles. The second-order valence-corrected chi connectivity index (χ2v) is 3.97. The third-order valence-electron chi connectivity index (χ3n) is 2.48. The topological polar surface area (TPSA) is 24.5 Å². The summed E-state index contributed by atoms with van der Waals surface area (Å²) in [6, 6.07) is 5.17. The normalized spacial score (nSPS) is 12.9. The van der Waals surface area contributed by atoms with Crippen LogP contribution in [0.4, 0.5) is 4.39 Å². The third-order valence-corrected chi connectivity index (χ3v) is 2.48. The molecule has 0 spiro atoms. The second kappa shape index (κ2) is 5.82. The predicted octanol–water partition coefficient (Wildman–Crippen LogP) is 1.66. The zero-order chi connectivity index (χ0) is 12.1. The Bertz CT molecular complexity index is 342. The van der Waals surface area contributed by atoms with Gasteiger partial charge in [0.1, 0.15) is 0 Å². The van der Waals surface area contributed by atoms with Gasteiger partial charge in [-0.05, 0) is 27.2 Å². The summed E-state index contributed by atoms with van der Waals surface area (Å²) in [5.41, 5.74) is 0.635. The highest BCUT2D eigenvalue weighted by molar-refractivity contribution is 5.33. The van der Waals surface area contributed by atoms with Crippen molar-refractivity contribution in [1.29, 1.82) is 0 Å². The van der Waals surface area contributed by atoms with E-state index in [1.165, 1.54) is 7.11 Å². The van der Waals surface area contributed by atoms with E-state index in [0.29, 0.717) is 5.56 Å². The van der Waals surface area contributed by atoms with E-state index in [1.54, 1.807) is 18.2 Å². The van der Waals surface area contributed by atoms with Crippen molar-refractivity contribution in [3.63, 3.8) is 0 Å². The van der Waals surface area contributed by atoms with Gasteiger partial charge in [0.2, 0.25) is 0 Å². The van der Waals surface area contributed by atoms with Crippen molar-refractivity contribution < 1.29 is 9.13 Å². The zero-order valence-corrected chi connectivity index (χ0v) is 10.2. The Morgan fingerprint density at radius 2 is 2.12 bits per heavy atom. The molecular weight excluding hydrogens is 207 g/mol. The summed E-state index contributed by atoms with van der Waals surface area (Å²) in [5.74, 6) is 0.00251. The maximum atomic E-state index is 14.0. The number of hydrogen-bond donors (Lipinski definition) is 1. The fourth-order valence-electron chi connectivity index (χ4n) is 1.66.